The first-order valence-corrected chi connectivity index (χ1v) is 8.42. The highest BCUT2D eigenvalue weighted by molar-refractivity contribution is 5.92. The zero-order valence-corrected chi connectivity index (χ0v) is 14.6. The third-order valence-electron chi connectivity index (χ3n) is 4.25. The molecule has 132 valence electrons. The van der Waals surface area contributed by atoms with E-state index in [-0.39, 0.29) is 12.0 Å². The molecule has 1 saturated heterocycles. The molecule has 7 nitrogen and oxygen atoms in total. The van der Waals surface area contributed by atoms with E-state index in [1.54, 1.807) is 12.3 Å². The van der Waals surface area contributed by atoms with Gasteiger partial charge in [0.1, 0.15) is 17.8 Å². The summed E-state index contributed by atoms with van der Waals surface area (Å²) in [5, 5.41) is 0. The number of rotatable bonds is 5. The Bertz CT molecular complexity index is 708. The summed E-state index contributed by atoms with van der Waals surface area (Å²) in [6, 6.07) is 5.76. The van der Waals surface area contributed by atoms with Crippen molar-refractivity contribution in [3.8, 4) is 0 Å². The summed E-state index contributed by atoms with van der Waals surface area (Å²) in [4.78, 5) is 28.5. The molecule has 0 saturated carbocycles. The quantitative estimate of drug-likeness (QED) is 0.819. The van der Waals surface area contributed by atoms with Crippen LogP contribution in [0.2, 0.25) is 0 Å². The van der Waals surface area contributed by atoms with Crippen molar-refractivity contribution in [2.24, 2.45) is 0 Å². The smallest absolute Gasteiger partial charge is 0.272 e. The number of amides is 1. The second-order valence-corrected chi connectivity index (χ2v) is 6.29. The molecule has 3 rings (SSSR count). The number of aromatic nitrogens is 3. The second kappa shape index (κ2) is 8.02. The van der Waals surface area contributed by atoms with Gasteiger partial charge in [-0.05, 0) is 36.6 Å². The number of carbonyl (C=O) groups is 1. The number of aryl methyl sites for hydroxylation is 1. The minimum Gasteiger partial charge on any atom is -0.375 e. The summed E-state index contributed by atoms with van der Waals surface area (Å²) in [6.07, 6.45) is 6.61. The molecule has 0 bridgehead atoms. The highest BCUT2D eigenvalue weighted by atomic mass is 16.5. The molecule has 2 aromatic heterocycles. The van der Waals surface area contributed by atoms with E-state index in [1.165, 1.54) is 11.9 Å². The molecule has 0 aromatic carbocycles. The summed E-state index contributed by atoms with van der Waals surface area (Å²) < 4.78 is 5.84. The first-order valence-electron chi connectivity index (χ1n) is 8.42. The van der Waals surface area contributed by atoms with Gasteiger partial charge in [0.25, 0.3) is 5.91 Å². The Morgan fingerprint density at radius 3 is 2.96 bits per heavy atom. The molecule has 1 aliphatic rings. The molecule has 0 unspecified atom stereocenters. The van der Waals surface area contributed by atoms with Gasteiger partial charge < -0.3 is 14.5 Å². The molecule has 1 fully saturated rings. The number of hydrogen-bond acceptors (Lipinski definition) is 6. The average molecular weight is 341 g/mol. The van der Waals surface area contributed by atoms with Gasteiger partial charge in [-0.1, -0.05) is 0 Å². The molecule has 0 radical (unpaired) electrons. The van der Waals surface area contributed by atoms with E-state index in [1.807, 2.05) is 36.2 Å². The number of pyridine rings is 1. The van der Waals surface area contributed by atoms with Crippen molar-refractivity contribution in [3.05, 3.63) is 48.2 Å². The Labute approximate surface area is 147 Å². The van der Waals surface area contributed by atoms with E-state index in [4.69, 9.17) is 4.74 Å². The van der Waals surface area contributed by atoms with Crippen molar-refractivity contribution < 1.29 is 9.53 Å². The van der Waals surface area contributed by atoms with Gasteiger partial charge in [0.2, 0.25) is 0 Å². The van der Waals surface area contributed by atoms with Crippen LogP contribution in [0.25, 0.3) is 0 Å². The van der Waals surface area contributed by atoms with E-state index in [0.717, 1.165) is 18.7 Å². The lowest BCUT2D eigenvalue weighted by Crippen LogP contribution is -2.46. The summed E-state index contributed by atoms with van der Waals surface area (Å²) in [7, 11) is 3.96. The zero-order chi connectivity index (χ0) is 17.6. The van der Waals surface area contributed by atoms with Crippen LogP contribution in [0.15, 0.2) is 36.9 Å². The van der Waals surface area contributed by atoms with E-state index < -0.39 is 0 Å². The van der Waals surface area contributed by atoms with Crippen LogP contribution in [0.3, 0.4) is 0 Å². The summed E-state index contributed by atoms with van der Waals surface area (Å²) in [6.45, 7) is 1.74. The SMILES string of the molecule is CN(C)c1cc(CC[C@@H]2CN(C(=O)c3ccncn3)CCO2)ccn1. The lowest BCUT2D eigenvalue weighted by Gasteiger charge is -2.32. The molecule has 0 aliphatic carbocycles. The number of nitrogens with zero attached hydrogens (tertiary/aromatic N) is 5. The van der Waals surface area contributed by atoms with E-state index in [0.29, 0.717) is 25.4 Å². The van der Waals surface area contributed by atoms with Gasteiger partial charge in [0, 0.05) is 39.6 Å². The van der Waals surface area contributed by atoms with Crippen LogP contribution in [-0.2, 0) is 11.2 Å². The van der Waals surface area contributed by atoms with Gasteiger partial charge >= 0.3 is 0 Å². The number of morpholine rings is 1. The van der Waals surface area contributed by atoms with Crippen molar-refractivity contribution in [3.63, 3.8) is 0 Å². The number of hydrogen-bond donors (Lipinski definition) is 0. The molecule has 25 heavy (non-hydrogen) atoms. The highest BCUT2D eigenvalue weighted by Gasteiger charge is 2.25. The predicted octanol–water partition coefficient (Wildman–Crippen LogP) is 1.41. The Hall–Kier alpha value is -2.54. The van der Waals surface area contributed by atoms with Crippen molar-refractivity contribution in [2.45, 2.75) is 18.9 Å². The number of ether oxygens (including phenoxy) is 1. The van der Waals surface area contributed by atoms with Crippen molar-refractivity contribution in [1.82, 2.24) is 19.9 Å². The minimum absolute atomic E-state index is 0.0375. The fourth-order valence-electron chi connectivity index (χ4n) is 2.85. The maximum absolute atomic E-state index is 12.5. The van der Waals surface area contributed by atoms with Gasteiger partial charge in [-0.2, -0.15) is 0 Å². The van der Waals surface area contributed by atoms with Gasteiger partial charge in [-0.25, -0.2) is 15.0 Å². The van der Waals surface area contributed by atoms with E-state index in [2.05, 4.69) is 21.0 Å². The Kier molecular flexibility index (Phi) is 5.55. The van der Waals surface area contributed by atoms with Gasteiger partial charge in [0.05, 0.1) is 12.7 Å². The molecule has 1 aliphatic heterocycles. The fourth-order valence-corrected chi connectivity index (χ4v) is 2.85. The maximum Gasteiger partial charge on any atom is 0.272 e. The normalized spacial score (nSPS) is 17.4. The summed E-state index contributed by atoms with van der Waals surface area (Å²) in [5.41, 5.74) is 1.65. The fraction of sp³-hybridized carbons (Fsp3) is 0.444. The third kappa shape index (κ3) is 4.51. The van der Waals surface area contributed by atoms with E-state index in [9.17, 15) is 4.79 Å². The predicted molar refractivity (Wildman–Crippen MR) is 94.6 cm³/mol. The largest absolute Gasteiger partial charge is 0.375 e. The van der Waals surface area contributed by atoms with E-state index >= 15 is 0 Å². The maximum atomic E-state index is 12.5. The van der Waals surface area contributed by atoms with Crippen molar-refractivity contribution >= 4 is 11.7 Å². The lowest BCUT2D eigenvalue weighted by molar-refractivity contribution is -0.0247. The standard InChI is InChI=1S/C18H23N5O2/c1-22(2)17-11-14(5-8-20-17)3-4-15-12-23(9-10-25-15)18(24)16-6-7-19-13-21-16/h5-8,11,13,15H,3-4,9-10,12H2,1-2H3/t15-/m1/s1. The average Bonchev–Trinajstić information content (AvgIpc) is 2.67. The van der Waals surface area contributed by atoms with Crippen LogP contribution in [0.1, 0.15) is 22.5 Å². The Morgan fingerprint density at radius 2 is 2.20 bits per heavy atom. The van der Waals surface area contributed by atoms with Crippen molar-refractivity contribution in [2.75, 3.05) is 38.7 Å². The molecular formula is C18H23N5O2. The molecule has 3 heterocycles. The summed E-state index contributed by atoms with van der Waals surface area (Å²) >= 11 is 0. The highest BCUT2D eigenvalue weighted by Crippen LogP contribution is 2.16. The molecule has 2 aromatic rings. The first-order chi connectivity index (χ1) is 12.1. The minimum atomic E-state index is -0.0606. The zero-order valence-electron chi connectivity index (χ0n) is 14.6. The van der Waals surface area contributed by atoms with Crippen LogP contribution >= 0.6 is 0 Å². The molecule has 0 spiro atoms. The van der Waals surface area contributed by atoms with Gasteiger partial charge in [-0.3, -0.25) is 4.79 Å². The monoisotopic (exact) mass is 341 g/mol. The number of carbonyl (C=O) groups excluding carboxylic acids is 1. The third-order valence-corrected chi connectivity index (χ3v) is 4.25. The Balaban J connectivity index is 1.57. The molecular weight excluding hydrogens is 318 g/mol. The van der Waals surface area contributed by atoms with Crippen LogP contribution in [-0.4, -0.2) is 65.7 Å². The van der Waals surface area contributed by atoms with Crippen LogP contribution in [0, 0.1) is 0 Å². The summed E-state index contributed by atoms with van der Waals surface area (Å²) in [5.74, 6) is 0.886. The number of anilines is 1. The second-order valence-electron chi connectivity index (χ2n) is 6.29. The molecule has 0 N–H and O–H groups in total. The van der Waals surface area contributed by atoms with Crippen molar-refractivity contribution in [1.29, 1.82) is 0 Å². The molecule has 7 heteroatoms. The molecule has 1 atom stereocenters. The van der Waals surface area contributed by atoms with Gasteiger partial charge in [-0.15, -0.1) is 0 Å². The van der Waals surface area contributed by atoms with Crippen LogP contribution in [0.5, 0.6) is 0 Å². The Morgan fingerprint density at radius 1 is 1.32 bits per heavy atom. The van der Waals surface area contributed by atoms with Crippen LogP contribution < -0.4 is 4.90 Å². The van der Waals surface area contributed by atoms with Gasteiger partial charge in [0.15, 0.2) is 0 Å². The molecule has 1 amide bonds. The first kappa shape index (κ1) is 17.3. The van der Waals surface area contributed by atoms with Crippen LogP contribution in [0.4, 0.5) is 5.82 Å². The lowest BCUT2D eigenvalue weighted by atomic mass is 10.1. The topological polar surface area (TPSA) is 71.5 Å².